The molecule has 1 aliphatic heterocycles. The summed E-state index contributed by atoms with van der Waals surface area (Å²) in [5.74, 6) is -2.16. The number of nitrogens with one attached hydrogen (secondary N) is 4. The number of carbonyl (C=O) groups excluding carboxylic acids is 3. The average molecular weight is 632 g/mol. The van der Waals surface area contributed by atoms with Crippen LogP contribution in [0.3, 0.4) is 0 Å². The maximum atomic E-state index is 15.1. The standard InChI is InChI=1S/C29H28F3N5O6S/c1-16(23-10-18(13-44-23)25(33)36-28(41)42)35-27(40)22-11-29(32,14-30)15-37(22)24(38)12-34-26(39)17-2-6-20(7-3-17)43-21-8-4-19(31)5-9-21/h2-10,13,16,22H,11-12,14-15H2,1H3,(H2,33,36)(H,34,39)(H,35,40)(H,41,42)/t16?,22-,29-/m0/s1. The molecule has 5 N–H and O–H groups in total. The van der Waals surface area contributed by atoms with Crippen LogP contribution in [0.5, 0.6) is 11.5 Å². The molecule has 1 aliphatic rings. The number of carbonyl (C=O) groups is 4. The molecule has 0 radical (unpaired) electrons. The highest BCUT2D eigenvalue weighted by atomic mass is 32.1. The summed E-state index contributed by atoms with van der Waals surface area (Å²) >= 11 is 1.15. The van der Waals surface area contributed by atoms with Gasteiger partial charge in [-0.3, -0.25) is 25.1 Å². The van der Waals surface area contributed by atoms with Gasteiger partial charge in [0, 0.05) is 27.8 Å². The lowest BCUT2D eigenvalue weighted by Gasteiger charge is -2.25. The second-order valence-corrected chi connectivity index (χ2v) is 11.0. The number of carboxylic acid groups (broad SMARTS) is 1. The van der Waals surface area contributed by atoms with Gasteiger partial charge in [0.05, 0.1) is 19.1 Å². The maximum Gasteiger partial charge on any atom is 0.410 e. The van der Waals surface area contributed by atoms with Gasteiger partial charge in [0.15, 0.2) is 5.67 Å². The second kappa shape index (κ2) is 13.6. The van der Waals surface area contributed by atoms with Crippen molar-refractivity contribution >= 4 is 41.0 Å². The lowest BCUT2D eigenvalue weighted by atomic mass is 10.0. The summed E-state index contributed by atoms with van der Waals surface area (Å²) in [6.07, 6.45) is -1.99. The quantitative estimate of drug-likeness (QED) is 0.167. The number of amidine groups is 1. The summed E-state index contributed by atoms with van der Waals surface area (Å²) in [4.78, 5) is 51.0. The molecule has 232 valence electrons. The summed E-state index contributed by atoms with van der Waals surface area (Å²) in [6.45, 7) is -1.07. The highest BCUT2D eigenvalue weighted by Gasteiger charge is 2.49. The Morgan fingerprint density at radius 2 is 1.75 bits per heavy atom. The summed E-state index contributed by atoms with van der Waals surface area (Å²) in [7, 11) is 0. The van der Waals surface area contributed by atoms with Gasteiger partial charge in [-0.25, -0.2) is 18.0 Å². The van der Waals surface area contributed by atoms with Gasteiger partial charge in [0.1, 0.15) is 35.9 Å². The summed E-state index contributed by atoms with van der Waals surface area (Å²) in [5, 5.41) is 25.1. The number of halogens is 3. The van der Waals surface area contributed by atoms with Crippen LogP contribution in [0.25, 0.3) is 0 Å². The van der Waals surface area contributed by atoms with Crippen molar-refractivity contribution in [1.82, 2.24) is 20.9 Å². The first-order valence-electron chi connectivity index (χ1n) is 13.2. The minimum atomic E-state index is -2.45. The number of benzene rings is 2. The van der Waals surface area contributed by atoms with E-state index in [1.807, 2.05) is 5.32 Å². The van der Waals surface area contributed by atoms with Crippen LogP contribution in [0.4, 0.5) is 18.0 Å². The van der Waals surface area contributed by atoms with E-state index in [-0.39, 0.29) is 17.0 Å². The van der Waals surface area contributed by atoms with E-state index in [2.05, 4.69) is 10.6 Å². The predicted octanol–water partition coefficient (Wildman–Crippen LogP) is 4.16. The molecule has 1 aromatic heterocycles. The van der Waals surface area contributed by atoms with E-state index in [1.54, 1.807) is 6.92 Å². The third kappa shape index (κ3) is 7.92. The number of hydrogen-bond acceptors (Lipinski definition) is 7. The smallest absolute Gasteiger partial charge is 0.410 e. The Hall–Kier alpha value is -4.92. The first kappa shape index (κ1) is 32.0. The largest absolute Gasteiger partial charge is 0.465 e. The highest BCUT2D eigenvalue weighted by Crippen LogP contribution is 2.32. The molecule has 2 aromatic carbocycles. The number of hydrogen-bond donors (Lipinski definition) is 5. The Bertz CT molecular complexity index is 1550. The molecule has 1 saturated heterocycles. The van der Waals surface area contributed by atoms with Crippen molar-refractivity contribution in [3.05, 3.63) is 81.8 Å². The van der Waals surface area contributed by atoms with Crippen molar-refractivity contribution in [2.24, 2.45) is 0 Å². The molecule has 3 aromatic rings. The number of alkyl halides is 2. The van der Waals surface area contributed by atoms with Gasteiger partial charge in [-0.1, -0.05) is 0 Å². The van der Waals surface area contributed by atoms with E-state index in [1.165, 1.54) is 60.0 Å². The van der Waals surface area contributed by atoms with E-state index in [0.29, 0.717) is 16.4 Å². The molecule has 0 saturated carbocycles. The maximum absolute atomic E-state index is 15.1. The van der Waals surface area contributed by atoms with Gasteiger partial charge in [0.2, 0.25) is 11.8 Å². The third-order valence-corrected chi connectivity index (χ3v) is 7.86. The molecule has 15 heteroatoms. The molecule has 1 unspecified atom stereocenters. The number of likely N-dealkylation sites (tertiary alicyclic amines) is 1. The van der Waals surface area contributed by atoms with Gasteiger partial charge < -0.3 is 25.4 Å². The fourth-order valence-electron chi connectivity index (χ4n) is 4.47. The highest BCUT2D eigenvalue weighted by molar-refractivity contribution is 7.10. The van der Waals surface area contributed by atoms with Crippen LogP contribution in [0.1, 0.15) is 40.2 Å². The number of ether oxygens (including phenoxy) is 1. The Morgan fingerprint density at radius 3 is 2.36 bits per heavy atom. The number of nitrogens with zero attached hydrogens (tertiary/aromatic N) is 1. The lowest BCUT2D eigenvalue weighted by Crippen LogP contribution is -2.49. The van der Waals surface area contributed by atoms with E-state index in [0.717, 1.165) is 16.2 Å². The molecule has 4 amide bonds. The third-order valence-electron chi connectivity index (χ3n) is 6.74. The average Bonchev–Trinajstić information content (AvgIpc) is 3.63. The molecule has 0 bridgehead atoms. The molecular weight excluding hydrogens is 603 g/mol. The molecule has 4 rings (SSSR count). The van der Waals surface area contributed by atoms with E-state index in [4.69, 9.17) is 15.3 Å². The van der Waals surface area contributed by atoms with E-state index in [9.17, 15) is 28.0 Å². The van der Waals surface area contributed by atoms with Crippen molar-refractivity contribution in [2.75, 3.05) is 19.8 Å². The molecule has 2 heterocycles. The summed E-state index contributed by atoms with van der Waals surface area (Å²) < 4.78 is 47.3. The van der Waals surface area contributed by atoms with E-state index < -0.39 is 73.6 Å². The Balaban J connectivity index is 1.35. The van der Waals surface area contributed by atoms with Crippen LogP contribution in [0, 0.1) is 11.2 Å². The summed E-state index contributed by atoms with van der Waals surface area (Å²) in [6, 6.07) is 10.7. The molecular formula is C29H28F3N5O6S. The Kier molecular flexibility index (Phi) is 9.88. The monoisotopic (exact) mass is 631 g/mol. The summed E-state index contributed by atoms with van der Waals surface area (Å²) in [5.41, 5.74) is -1.99. The van der Waals surface area contributed by atoms with Crippen molar-refractivity contribution in [3.8, 4) is 11.5 Å². The Labute approximate surface area is 253 Å². The van der Waals surface area contributed by atoms with Crippen LogP contribution in [-0.4, -0.2) is 71.1 Å². The second-order valence-electron chi connectivity index (χ2n) is 10.1. The molecule has 44 heavy (non-hydrogen) atoms. The van der Waals surface area contributed by atoms with Gasteiger partial charge in [0.25, 0.3) is 5.91 Å². The lowest BCUT2D eigenvalue weighted by molar-refractivity contribution is -0.138. The fraction of sp³-hybridized carbons (Fsp3) is 0.276. The molecule has 11 nitrogen and oxygen atoms in total. The zero-order valence-corrected chi connectivity index (χ0v) is 24.1. The van der Waals surface area contributed by atoms with Gasteiger partial charge >= 0.3 is 6.09 Å². The number of rotatable bonds is 10. The first-order chi connectivity index (χ1) is 20.9. The van der Waals surface area contributed by atoms with Crippen LogP contribution in [0.2, 0.25) is 0 Å². The van der Waals surface area contributed by atoms with Crippen molar-refractivity contribution in [1.29, 1.82) is 5.41 Å². The molecule has 1 fully saturated rings. The zero-order valence-electron chi connectivity index (χ0n) is 23.2. The molecule has 0 aliphatic carbocycles. The first-order valence-corrected chi connectivity index (χ1v) is 14.1. The van der Waals surface area contributed by atoms with Crippen LogP contribution >= 0.6 is 11.3 Å². The van der Waals surface area contributed by atoms with Crippen LogP contribution in [0.15, 0.2) is 60.0 Å². The number of thiophene rings is 1. The topological polar surface area (TPSA) is 161 Å². The van der Waals surface area contributed by atoms with Crippen molar-refractivity contribution in [2.45, 2.75) is 31.1 Å². The normalized spacial score (nSPS) is 18.3. The van der Waals surface area contributed by atoms with E-state index >= 15 is 4.39 Å². The SMILES string of the molecule is CC(NC(=O)[C@@H]1C[C@](F)(CF)CN1C(=O)CNC(=O)c1ccc(Oc2ccc(F)cc2)cc1)c1cc(C(=N)NC(=O)O)cs1. The predicted molar refractivity (Wildman–Crippen MR) is 154 cm³/mol. The zero-order chi connectivity index (χ0) is 32.0. The van der Waals surface area contributed by atoms with Gasteiger partial charge in [-0.2, -0.15) is 0 Å². The van der Waals surface area contributed by atoms with Crippen molar-refractivity contribution < 1.29 is 42.2 Å². The van der Waals surface area contributed by atoms with Gasteiger partial charge in [-0.05, 0) is 61.5 Å². The molecule has 0 spiro atoms. The fourth-order valence-corrected chi connectivity index (χ4v) is 5.38. The van der Waals surface area contributed by atoms with Gasteiger partial charge in [-0.15, -0.1) is 11.3 Å². The number of amides is 4. The van der Waals surface area contributed by atoms with Crippen LogP contribution in [-0.2, 0) is 9.59 Å². The molecule has 3 atom stereocenters. The minimum Gasteiger partial charge on any atom is -0.465 e. The minimum absolute atomic E-state index is 0.180. The van der Waals surface area contributed by atoms with Crippen molar-refractivity contribution in [3.63, 3.8) is 0 Å². The van der Waals surface area contributed by atoms with Crippen LogP contribution < -0.4 is 20.7 Å². The Morgan fingerprint density at radius 1 is 1.11 bits per heavy atom.